The second-order valence-electron chi connectivity index (χ2n) is 6.38. The van der Waals surface area contributed by atoms with Crippen molar-refractivity contribution in [1.29, 1.82) is 0 Å². The van der Waals surface area contributed by atoms with Gasteiger partial charge in [-0.25, -0.2) is 9.07 Å². The number of aromatic nitrogens is 3. The standard InChI is InChI=1S/C19H19FN4O2/c20-14-9-7-13(8-10-14)19(17-6-3-11-26-17)21-18(25)12-24-16-5-2-1-4-15(16)22-23-24/h1-2,4-5,7-10,17,19H,3,6,11-12H2,(H,21,25)/t17-,19-/m1/s1. The van der Waals surface area contributed by atoms with E-state index in [-0.39, 0.29) is 30.4 Å². The number of hydrogen-bond donors (Lipinski definition) is 1. The molecule has 26 heavy (non-hydrogen) atoms. The van der Waals surface area contributed by atoms with Gasteiger partial charge in [-0.1, -0.05) is 29.5 Å². The largest absolute Gasteiger partial charge is 0.376 e. The molecule has 2 aromatic carbocycles. The summed E-state index contributed by atoms with van der Waals surface area (Å²) in [6, 6.07) is 13.3. The maximum absolute atomic E-state index is 13.3. The molecule has 0 unspecified atom stereocenters. The molecule has 2 atom stereocenters. The molecular formula is C19H19FN4O2. The number of carbonyl (C=O) groups is 1. The maximum Gasteiger partial charge on any atom is 0.242 e. The molecule has 0 bridgehead atoms. The van der Waals surface area contributed by atoms with E-state index in [1.54, 1.807) is 16.8 Å². The van der Waals surface area contributed by atoms with Crippen molar-refractivity contribution in [3.8, 4) is 0 Å². The number of nitrogens with one attached hydrogen (secondary N) is 1. The molecule has 6 nitrogen and oxygen atoms in total. The average molecular weight is 354 g/mol. The van der Waals surface area contributed by atoms with E-state index in [1.165, 1.54) is 12.1 Å². The van der Waals surface area contributed by atoms with E-state index in [9.17, 15) is 9.18 Å². The van der Waals surface area contributed by atoms with Gasteiger partial charge in [0.25, 0.3) is 0 Å². The van der Waals surface area contributed by atoms with Crippen LogP contribution in [0.2, 0.25) is 0 Å². The van der Waals surface area contributed by atoms with Crippen molar-refractivity contribution in [2.24, 2.45) is 0 Å². The molecule has 2 heterocycles. The van der Waals surface area contributed by atoms with Crippen LogP contribution in [-0.4, -0.2) is 33.6 Å². The van der Waals surface area contributed by atoms with E-state index >= 15 is 0 Å². The Kier molecular flexibility index (Phi) is 4.62. The van der Waals surface area contributed by atoms with Gasteiger partial charge >= 0.3 is 0 Å². The van der Waals surface area contributed by atoms with Gasteiger partial charge in [0.1, 0.15) is 17.9 Å². The number of rotatable bonds is 5. The first-order chi connectivity index (χ1) is 12.7. The van der Waals surface area contributed by atoms with Crippen molar-refractivity contribution in [1.82, 2.24) is 20.3 Å². The quantitative estimate of drug-likeness (QED) is 0.765. The minimum atomic E-state index is -0.319. The third-order valence-electron chi connectivity index (χ3n) is 4.60. The summed E-state index contributed by atoms with van der Waals surface area (Å²) < 4.78 is 20.6. The lowest BCUT2D eigenvalue weighted by molar-refractivity contribution is -0.123. The summed E-state index contributed by atoms with van der Waals surface area (Å²) >= 11 is 0. The van der Waals surface area contributed by atoms with Crippen molar-refractivity contribution in [3.63, 3.8) is 0 Å². The zero-order chi connectivity index (χ0) is 17.9. The lowest BCUT2D eigenvalue weighted by atomic mass is 9.99. The molecule has 1 aromatic heterocycles. The molecule has 1 aliphatic rings. The molecule has 3 aromatic rings. The zero-order valence-corrected chi connectivity index (χ0v) is 14.1. The normalized spacial score (nSPS) is 18.1. The number of para-hydroxylation sites is 1. The first-order valence-electron chi connectivity index (χ1n) is 8.65. The Hall–Kier alpha value is -2.80. The van der Waals surface area contributed by atoms with E-state index in [1.807, 2.05) is 24.3 Å². The third-order valence-corrected chi connectivity index (χ3v) is 4.60. The summed E-state index contributed by atoms with van der Waals surface area (Å²) in [5.74, 6) is -0.495. The fraction of sp³-hybridized carbons (Fsp3) is 0.316. The summed E-state index contributed by atoms with van der Waals surface area (Å²) in [5, 5.41) is 11.1. The molecule has 1 N–H and O–H groups in total. The molecule has 1 saturated heterocycles. The van der Waals surface area contributed by atoms with E-state index < -0.39 is 0 Å². The monoisotopic (exact) mass is 354 g/mol. The summed E-state index contributed by atoms with van der Waals surface area (Å²) in [6.45, 7) is 0.733. The number of nitrogens with zero attached hydrogens (tertiary/aromatic N) is 3. The number of carbonyl (C=O) groups excluding carboxylic acids is 1. The van der Waals surface area contributed by atoms with Crippen LogP contribution in [-0.2, 0) is 16.1 Å². The number of benzene rings is 2. The Labute approximate surface area is 150 Å². The predicted octanol–water partition coefficient (Wildman–Crippen LogP) is 2.61. The number of amides is 1. The van der Waals surface area contributed by atoms with Crippen LogP contribution in [0.3, 0.4) is 0 Å². The van der Waals surface area contributed by atoms with Crippen LogP contribution in [0.4, 0.5) is 4.39 Å². The highest BCUT2D eigenvalue weighted by Gasteiger charge is 2.29. The Balaban J connectivity index is 1.53. The van der Waals surface area contributed by atoms with Crippen molar-refractivity contribution in [2.45, 2.75) is 31.5 Å². The molecule has 0 aliphatic carbocycles. The van der Waals surface area contributed by atoms with Gasteiger partial charge in [-0.3, -0.25) is 4.79 Å². The molecule has 7 heteroatoms. The summed E-state index contributed by atoms with van der Waals surface area (Å²) in [6.07, 6.45) is 1.69. The highest BCUT2D eigenvalue weighted by atomic mass is 19.1. The SMILES string of the molecule is O=C(Cn1nnc2ccccc21)N[C@H](c1ccc(F)cc1)[C@H]1CCCO1. The van der Waals surface area contributed by atoms with Gasteiger partial charge in [-0.2, -0.15) is 0 Å². The van der Waals surface area contributed by atoms with Crippen LogP contribution in [0, 0.1) is 5.82 Å². The Morgan fingerprint density at radius 1 is 1.27 bits per heavy atom. The van der Waals surface area contributed by atoms with Crippen LogP contribution < -0.4 is 5.32 Å². The van der Waals surface area contributed by atoms with Gasteiger partial charge in [-0.15, -0.1) is 5.10 Å². The summed E-state index contributed by atoms with van der Waals surface area (Å²) in [4.78, 5) is 12.6. The Morgan fingerprint density at radius 2 is 2.08 bits per heavy atom. The average Bonchev–Trinajstić information content (AvgIpc) is 3.31. The minimum Gasteiger partial charge on any atom is -0.376 e. The highest BCUT2D eigenvalue weighted by molar-refractivity contribution is 5.80. The van der Waals surface area contributed by atoms with E-state index in [4.69, 9.17) is 4.74 Å². The summed E-state index contributed by atoms with van der Waals surface area (Å²) in [5.41, 5.74) is 2.38. The van der Waals surface area contributed by atoms with Gasteiger partial charge in [0.05, 0.1) is 17.7 Å². The van der Waals surface area contributed by atoms with E-state index in [0.717, 1.165) is 29.4 Å². The molecule has 1 aliphatic heterocycles. The van der Waals surface area contributed by atoms with Crippen LogP contribution in [0.5, 0.6) is 0 Å². The summed E-state index contributed by atoms with van der Waals surface area (Å²) in [7, 11) is 0. The molecule has 0 saturated carbocycles. The van der Waals surface area contributed by atoms with Crippen LogP contribution in [0.25, 0.3) is 11.0 Å². The fourth-order valence-electron chi connectivity index (χ4n) is 3.32. The van der Waals surface area contributed by atoms with Crippen molar-refractivity contribution in [2.75, 3.05) is 6.61 Å². The first-order valence-corrected chi connectivity index (χ1v) is 8.65. The molecule has 4 rings (SSSR count). The lowest BCUT2D eigenvalue weighted by Gasteiger charge is -2.24. The van der Waals surface area contributed by atoms with Gasteiger partial charge in [0, 0.05) is 6.61 Å². The second kappa shape index (κ2) is 7.21. The molecule has 1 amide bonds. The van der Waals surface area contributed by atoms with Crippen molar-refractivity contribution < 1.29 is 13.9 Å². The van der Waals surface area contributed by atoms with Crippen LogP contribution in [0.15, 0.2) is 48.5 Å². The maximum atomic E-state index is 13.3. The number of hydrogen-bond acceptors (Lipinski definition) is 4. The van der Waals surface area contributed by atoms with E-state index in [2.05, 4.69) is 15.6 Å². The molecule has 134 valence electrons. The number of ether oxygens (including phenoxy) is 1. The molecular weight excluding hydrogens is 335 g/mol. The van der Waals surface area contributed by atoms with Gasteiger partial charge < -0.3 is 10.1 Å². The van der Waals surface area contributed by atoms with E-state index in [0.29, 0.717) is 6.61 Å². The minimum absolute atomic E-state index is 0.0604. The fourth-order valence-corrected chi connectivity index (χ4v) is 3.32. The predicted molar refractivity (Wildman–Crippen MR) is 93.8 cm³/mol. The van der Waals surface area contributed by atoms with Gasteiger partial charge in [0.15, 0.2) is 0 Å². The second-order valence-corrected chi connectivity index (χ2v) is 6.38. The van der Waals surface area contributed by atoms with Crippen LogP contribution in [0.1, 0.15) is 24.4 Å². The molecule has 0 radical (unpaired) electrons. The lowest BCUT2D eigenvalue weighted by Crippen LogP contribution is -2.38. The van der Waals surface area contributed by atoms with Gasteiger partial charge in [0.2, 0.25) is 5.91 Å². The smallest absolute Gasteiger partial charge is 0.242 e. The first kappa shape index (κ1) is 16.7. The topological polar surface area (TPSA) is 69.0 Å². The number of fused-ring (bicyclic) bond motifs is 1. The highest BCUT2D eigenvalue weighted by Crippen LogP contribution is 2.27. The third kappa shape index (κ3) is 3.43. The van der Waals surface area contributed by atoms with Gasteiger partial charge in [-0.05, 0) is 42.7 Å². The molecule has 0 spiro atoms. The zero-order valence-electron chi connectivity index (χ0n) is 14.1. The Morgan fingerprint density at radius 3 is 2.85 bits per heavy atom. The molecule has 1 fully saturated rings. The Bertz CT molecular complexity index is 903. The number of halogens is 1. The van der Waals surface area contributed by atoms with Crippen molar-refractivity contribution in [3.05, 3.63) is 59.9 Å². The van der Waals surface area contributed by atoms with Crippen molar-refractivity contribution >= 4 is 16.9 Å². The van der Waals surface area contributed by atoms with Crippen LogP contribution >= 0.6 is 0 Å².